The first-order valence-electron chi connectivity index (χ1n) is 10.4. The maximum Gasteiger partial charge on any atom is 0.338 e. The molecular weight excluding hydrogens is 412 g/mol. The minimum Gasteiger partial charge on any atom is -0.466 e. The molecule has 0 aliphatic carbocycles. The van der Waals surface area contributed by atoms with Crippen LogP contribution in [0.25, 0.3) is 0 Å². The molecule has 0 bridgehead atoms. The summed E-state index contributed by atoms with van der Waals surface area (Å²) in [5.41, 5.74) is 4.91. The van der Waals surface area contributed by atoms with Crippen LogP contribution in [-0.2, 0) is 9.53 Å². The Hall–Kier alpha value is -2.84. The molecule has 164 valence electrons. The van der Waals surface area contributed by atoms with E-state index in [9.17, 15) is 9.59 Å². The minimum atomic E-state index is -0.493. The van der Waals surface area contributed by atoms with E-state index in [-0.39, 0.29) is 6.03 Å². The van der Waals surface area contributed by atoms with Crippen molar-refractivity contribution in [3.63, 3.8) is 0 Å². The quantitative estimate of drug-likeness (QED) is 0.700. The molecule has 7 nitrogen and oxygen atoms in total. The van der Waals surface area contributed by atoms with Crippen molar-refractivity contribution in [1.82, 2.24) is 15.5 Å². The largest absolute Gasteiger partial charge is 0.466 e. The predicted octanol–water partition coefficient (Wildman–Crippen LogP) is 2.97. The Labute approximate surface area is 186 Å². The number of esters is 1. The van der Waals surface area contributed by atoms with Crippen LogP contribution in [0.4, 0.5) is 10.5 Å². The van der Waals surface area contributed by atoms with Crippen molar-refractivity contribution >= 4 is 29.0 Å². The van der Waals surface area contributed by atoms with E-state index in [2.05, 4.69) is 52.5 Å². The lowest BCUT2D eigenvalue weighted by Crippen LogP contribution is -2.51. The molecule has 2 aromatic rings. The van der Waals surface area contributed by atoms with E-state index in [0.29, 0.717) is 17.8 Å². The van der Waals surface area contributed by atoms with E-state index in [4.69, 9.17) is 4.74 Å². The van der Waals surface area contributed by atoms with Gasteiger partial charge in [-0.1, -0.05) is 18.2 Å². The average Bonchev–Trinajstić information content (AvgIpc) is 3.30. The molecule has 3 heterocycles. The number of thiophene rings is 1. The number of nitrogens with zero attached hydrogens (tertiary/aromatic N) is 2. The highest BCUT2D eigenvalue weighted by Gasteiger charge is 2.35. The molecule has 0 unspecified atom stereocenters. The highest BCUT2D eigenvalue weighted by atomic mass is 32.1. The maximum absolute atomic E-state index is 12.6. The fourth-order valence-electron chi connectivity index (χ4n) is 4.19. The summed E-state index contributed by atoms with van der Waals surface area (Å²) in [5, 5.41) is 7.66. The van der Waals surface area contributed by atoms with E-state index >= 15 is 0 Å². The van der Waals surface area contributed by atoms with Crippen molar-refractivity contribution < 1.29 is 14.3 Å². The zero-order chi connectivity index (χ0) is 22.0. The van der Waals surface area contributed by atoms with Gasteiger partial charge in [0.25, 0.3) is 0 Å². The topological polar surface area (TPSA) is 73.9 Å². The summed E-state index contributed by atoms with van der Waals surface area (Å²) < 4.78 is 5.06. The first-order valence-corrected chi connectivity index (χ1v) is 11.3. The van der Waals surface area contributed by atoms with E-state index < -0.39 is 12.0 Å². The van der Waals surface area contributed by atoms with E-state index in [1.54, 1.807) is 0 Å². The first kappa shape index (κ1) is 21.4. The summed E-state index contributed by atoms with van der Waals surface area (Å²) in [5.74, 6) is -0.421. The normalized spacial score (nSPS) is 19.8. The van der Waals surface area contributed by atoms with Gasteiger partial charge < -0.3 is 20.3 Å². The van der Waals surface area contributed by atoms with Gasteiger partial charge >= 0.3 is 12.0 Å². The van der Waals surface area contributed by atoms with Crippen molar-refractivity contribution in [2.24, 2.45) is 0 Å². The number of anilines is 1. The Morgan fingerprint density at radius 2 is 1.97 bits per heavy atom. The molecule has 0 spiro atoms. The zero-order valence-electron chi connectivity index (χ0n) is 18.1. The molecule has 2 N–H and O–H groups in total. The Morgan fingerprint density at radius 3 is 2.65 bits per heavy atom. The highest BCUT2D eigenvalue weighted by molar-refractivity contribution is 7.10. The molecule has 2 aliphatic heterocycles. The molecule has 4 rings (SSSR count). The van der Waals surface area contributed by atoms with Crippen LogP contribution >= 0.6 is 11.3 Å². The SMILES string of the molecule is COC(=O)C1=C(CN2CCN(c3cc(C)ccc3C)CC2)NC(=O)N[C@H]1c1cccs1. The van der Waals surface area contributed by atoms with E-state index in [1.807, 2.05) is 17.5 Å². The molecular formula is C23H28N4O3S. The molecule has 1 saturated heterocycles. The van der Waals surface area contributed by atoms with Crippen molar-refractivity contribution in [1.29, 1.82) is 0 Å². The molecule has 1 aromatic carbocycles. The van der Waals surface area contributed by atoms with Crippen molar-refractivity contribution in [2.45, 2.75) is 19.9 Å². The number of urea groups is 1. The molecule has 2 amide bonds. The van der Waals surface area contributed by atoms with Gasteiger partial charge in [-0.2, -0.15) is 0 Å². The van der Waals surface area contributed by atoms with Crippen LogP contribution in [0.3, 0.4) is 0 Å². The smallest absolute Gasteiger partial charge is 0.338 e. The number of amides is 2. The van der Waals surface area contributed by atoms with Crippen LogP contribution in [0.5, 0.6) is 0 Å². The number of carbonyl (C=O) groups excluding carboxylic acids is 2. The molecule has 8 heteroatoms. The summed E-state index contributed by atoms with van der Waals surface area (Å²) in [7, 11) is 1.37. The van der Waals surface area contributed by atoms with Gasteiger partial charge in [-0.05, 0) is 42.5 Å². The number of methoxy groups -OCH3 is 1. The van der Waals surface area contributed by atoms with Gasteiger partial charge in [-0.3, -0.25) is 4.90 Å². The molecule has 31 heavy (non-hydrogen) atoms. The van der Waals surface area contributed by atoms with Crippen LogP contribution in [0.15, 0.2) is 47.0 Å². The third-order valence-corrected chi connectivity index (χ3v) is 6.78. The van der Waals surface area contributed by atoms with Gasteiger partial charge in [-0.15, -0.1) is 11.3 Å². The van der Waals surface area contributed by atoms with E-state index in [1.165, 1.54) is 35.3 Å². The lowest BCUT2D eigenvalue weighted by atomic mass is 10.0. The lowest BCUT2D eigenvalue weighted by Gasteiger charge is -2.38. The van der Waals surface area contributed by atoms with Crippen molar-refractivity contribution in [3.8, 4) is 0 Å². The number of piperazine rings is 1. The molecule has 2 aliphatic rings. The van der Waals surface area contributed by atoms with Crippen molar-refractivity contribution in [3.05, 3.63) is 63.0 Å². The number of hydrogen-bond donors (Lipinski definition) is 2. The van der Waals surface area contributed by atoms with Crippen LogP contribution in [-0.4, -0.2) is 56.7 Å². The summed E-state index contributed by atoms with van der Waals surface area (Å²) in [6.07, 6.45) is 0. The first-order chi connectivity index (χ1) is 15.0. The fourth-order valence-corrected chi connectivity index (χ4v) is 4.98. The fraction of sp³-hybridized carbons (Fsp3) is 0.391. The van der Waals surface area contributed by atoms with Gasteiger partial charge in [-0.25, -0.2) is 9.59 Å². The Bertz CT molecular complexity index is 994. The van der Waals surface area contributed by atoms with Crippen molar-refractivity contribution in [2.75, 3.05) is 44.7 Å². The number of ether oxygens (including phenoxy) is 1. The zero-order valence-corrected chi connectivity index (χ0v) is 18.9. The van der Waals surface area contributed by atoms with Crippen LogP contribution in [0, 0.1) is 13.8 Å². The van der Waals surface area contributed by atoms with Crippen LogP contribution in [0.1, 0.15) is 22.0 Å². The predicted molar refractivity (Wildman–Crippen MR) is 122 cm³/mol. The standard InChI is InChI=1S/C23H28N4O3S/c1-15-6-7-16(2)18(13-15)27-10-8-26(9-11-27)14-17-20(22(28)30-3)21(25-23(29)24-17)19-5-4-12-31-19/h4-7,12-13,21H,8-11,14H2,1-3H3,(H2,24,25,29)/t21-/m0/s1. The third kappa shape index (κ3) is 4.60. The average molecular weight is 441 g/mol. The van der Waals surface area contributed by atoms with E-state index in [0.717, 1.165) is 31.1 Å². The van der Waals surface area contributed by atoms with Gasteiger partial charge in [0.15, 0.2) is 0 Å². The second-order valence-electron chi connectivity index (χ2n) is 7.98. The summed E-state index contributed by atoms with van der Waals surface area (Å²) in [6.45, 7) is 8.24. The number of aryl methyl sites for hydroxylation is 2. The number of hydrogen-bond acceptors (Lipinski definition) is 6. The Morgan fingerprint density at radius 1 is 1.19 bits per heavy atom. The maximum atomic E-state index is 12.6. The van der Waals surface area contributed by atoms with Crippen LogP contribution < -0.4 is 15.5 Å². The molecule has 1 aromatic heterocycles. The Kier molecular flexibility index (Phi) is 6.29. The molecule has 1 atom stereocenters. The molecule has 1 fully saturated rings. The molecule has 0 saturated carbocycles. The summed E-state index contributed by atoms with van der Waals surface area (Å²) in [6, 6.07) is 9.59. The number of benzene rings is 1. The van der Waals surface area contributed by atoms with Gasteiger partial charge in [0.05, 0.1) is 18.7 Å². The molecule has 0 radical (unpaired) electrons. The third-order valence-electron chi connectivity index (χ3n) is 5.85. The minimum absolute atomic E-state index is 0.296. The van der Waals surface area contributed by atoms with Gasteiger partial charge in [0.1, 0.15) is 0 Å². The van der Waals surface area contributed by atoms with Gasteiger partial charge in [0.2, 0.25) is 0 Å². The second kappa shape index (κ2) is 9.11. The Balaban J connectivity index is 1.52. The number of nitrogens with one attached hydrogen (secondary N) is 2. The summed E-state index contributed by atoms with van der Waals surface area (Å²) in [4.78, 5) is 30.6. The number of carbonyl (C=O) groups is 2. The number of rotatable bonds is 5. The monoisotopic (exact) mass is 440 g/mol. The highest BCUT2D eigenvalue weighted by Crippen LogP contribution is 2.31. The van der Waals surface area contributed by atoms with Gasteiger partial charge in [0, 0.05) is 49.0 Å². The lowest BCUT2D eigenvalue weighted by molar-refractivity contribution is -0.136. The van der Waals surface area contributed by atoms with Crippen LogP contribution in [0.2, 0.25) is 0 Å². The second-order valence-corrected chi connectivity index (χ2v) is 8.96. The summed E-state index contributed by atoms with van der Waals surface area (Å²) >= 11 is 1.51.